The van der Waals surface area contributed by atoms with Crippen LogP contribution in [0.3, 0.4) is 0 Å². The third kappa shape index (κ3) is 2.88. The fraction of sp³-hybridized carbons (Fsp3) is 0.579. The molecule has 0 aromatic heterocycles. The van der Waals surface area contributed by atoms with Crippen molar-refractivity contribution >= 4 is 5.91 Å². The Morgan fingerprint density at radius 2 is 2.05 bits per heavy atom. The molecule has 22 heavy (non-hydrogen) atoms. The molecule has 3 heteroatoms. The van der Waals surface area contributed by atoms with Crippen LogP contribution in [-0.4, -0.2) is 5.91 Å². The van der Waals surface area contributed by atoms with E-state index in [1.54, 1.807) is 0 Å². The largest absolute Gasteiger partial charge is 0.369 e. The minimum absolute atomic E-state index is 0.166. The molecular formula is C19H26N2O. The minimum atomic E-state index is -0.455. The first-order chi connectivity index (χ1) is 10.4. The van der Waals surface area contributed by atoms with E-state index in [-0.39, 0.29) is 17.7 Å². The maximum atomic E-state index is 12.4. The van der Waals surface area contributed by atoms with Gasteiger partial charge in [-0.1, -0.05) is 45.0 Å². The summed E-state index contributed by atoms with van der Waals surface area (Å²) in [6.07, 6.45) is 3.35. The minimum Gasteiger partial charge on any atom is -0.369 e. The Hall–Kier alpha value is -1.82. The van der Waals surface area contributed by atoms with Gasteiger partial charge in [-0.3, -0.25) is 4.79 Å². The topological polar surface area (TPSA) is 66.9 Å². The molecule has 2 N–H and O–H groups in total. The first-order valence-corrected chi connectivity index (χ1v) is 8.17. The average Bonchev–Trinajstić information content (AvgIpc) is 2.47. The van der Waals surface area contributed by atoms with Crippen LogP contribution < -0.4 is 5.73 Å². The molecule has 0 saturated heterocycles. The predicted molar refractivity (Wildman–Crippen MR) is 88.0 cm³/mol. The SMILES string of the molecule is CC1CCC(C(N)=O)(C(C)C)C(c2ccc(CC#N)cc2)C1. The third-order valence-electron chi connectivity index (χ3n) is 5.46. The number of benzene rings is 1. The molecule has 0 heterocycles. The Bertz CT molecular complexity index is 570. The van der Waals surface area contributed by atoms with Crippen LogP contribution in [-0.2, 0) is 11.2 Å². The fourth-order valence-corrected chi connectivity index (χ4v) is 4.05. The van der Waals surface area contributed by atoms with Crippen LogP contribution in [0.2, 0.25) is 0 Å². The number of amides is 1. The third-order valence-corrected chi connectivity index (χ3v) is 5.46. The molecule has 118 valence electrons. The second-order valence-corrected chi connectivity index (χ2v) is 7.07. The van der Waals surface area contributed by atoms with Crippen molar-refractivity contribution < 1.29 is 4.79 Å². The molecule has 1 saturated carbocycles. The molecule has 1 aliphatic rings. The normalized spacial score (nSPS) is 28.3. The number of nitrogens with two attached hydrogens (primary N) is 1. The first kappa shape index (κ1) is 16.5. The summed E-state index contributed by atoms with van der Waals surface area (Å²) < 4.78 is 0. The molecule has 0 bridgehead atoms. The summed E-state index contributed by atoms with van der Waals surface area (Å²) in [4.78, 5) is 12.4. The summed E-state index contributed by atoms with van der Waals surface area (Å²) in [6, 6.07) is 10.3. The second-order valence-electron chi connectivity index (χ2n) is 7.07. The quantitative estimate of drug-likeness (QED) is 0.919. The van der Waals surface area contributed by atoms with Crippen LogP contribution in [0.5, 0.6) is 0 Å². The summed E-state index contributed by atoms with van der Waals surface area (Å²) in [7, 11) is 0. The van der Waals surface area contributed by atoms with Gasteiger partial charge in [0.1, 0.15) is 0 Å². The number of nitriles is 1. The summed E-state index contributed by atoms with van der Waals surface area (Å²) in [5.74, 6) is 0.835. The molecule has 0 spiro atoms. The molecule has 3 atom stereocenters. The fourth-order valence-electron chi connectivity index (χ4n) is 4.05. The van der Waals surface area contributed by atoms with E-state index in [0.717, 1.165) is 24.8 Å². The molecule has 1 aromatic carbocycles. The lowest BCUT2D eigenvalue weighted by molar-refractivity contribution is -0.134. The second kappa shape index (κ2) is 6.52. The average molecular weight is 298 g/mol. The van der Waals surface area contributed by atoms with Gasteiger partial charge in [0.2, 0.25) is 5.91 Å². The van der Waals surface area contributed by atoms with E-state index in [0.29, 0.717) is 12.3 Å². The van der Waals surface area contributed by atoms with Crippen LogP contribution in [0, 0.1) is 28.6 Å². The molecule has 0 radical (unpaired) electrons. The van der Waals surface area contributed by atoms with E-state index in [1.165, 1.54) is 5.56 Å². The highest BCUT2D eigenvalue weighted by Gasteiger charge is 2.49. The molecule has 1 fully saturated rings. The lowest BCUT2D eigenvalue weighted by Gasteiger charge is -2.47. The van der Waals surface area contributed by atoms with Crippen LogP contribution in [0.15, 0.2) is 24.3 Å². The van der Waals surface area contributed by atoms with Crippen LogP contribution in [0.1, 0.15) is 57.1 Å². The van der Waals surface area contributed by atoms with Crippen LogP contribution in [0.4, 0.5) is 0 Å². The molecule has 3 nitrogen and oxygen atoms in total. The molecule has 0 aliphatic heterocycles. The Labute approximate surface area is 133 Å². The van der Waals surface area contributed by atoms with Crippen molar-refractivity contribution in [1.82, 2.24) is 0 Å². The lowest BCUT2D eigenvalue weighted by atomic mass is 9.56. The van der Waals surface area contributed by atoms with Crippen molar-refractivity contribution in [2.24, 2.45) is 23.0 Å². The van der Waals surface area contributed by atoms with Crippen LogP contribution >= 0.6 is 0 Å². The van der Waals surface area contributed by atoms with Crippen molar-refractivity contribution in [2.45, 2.75) is 52.4 Å². The zero-order valence-electron chi connectivity index (χ0n) is 13.8. The van der Waals surface area contributed by atoms with Crippen molar-refractivity contribution in [1.29, 1.82) is 5.26 Å². The van der Waals surface area contributed by atoms with E-state index in [9.17, 15) is 4.79 Å². The van der Waals surface area contributed by atoms with Crippen molar-refractivity contribution in [3.63, 3.8) is 0 Å². The van der Waals surface area contributed by atoms with E-state index >= 15 is 0 Å². The number of rotatable bonds is 4. The molecule has 1 aromatic rings. The van der Waals surface area contributed by atoms with Gasteiger partial charge in [-0.2, -0.15) is 5.26 Å². The maximum Gasteiger partial charge on any atom is 0.224 e. The van der Waals surface area contributed by atoms with Gasteiger partial charge in [-0.25, -0.2) is 0 Å². The zero-order chi connectivity index (χ0) is 16.3. The van der Waals surface area contributed by atoms with E-state index < -0.39 is 5.41 Å². The smallest absolute Gasteiger partial charge is 0.224 e. The number of nitrogens with zero attached hydrogens (tertiary/aromatic N) is 1. The van der Waals surface area contributed by atoms with Crippen molar-refractivity contribution in [2.75, 3.05) is 0 Å². The number of carbonyl (C=O) groups excluding carboxylic acids is 1. The lowest BCUT2D eigenvalue weighted by Crippen LogP contribution is -2.49. The molecule has 1 amide bonds. The van der Waals surface area contributed by atoms with Gasteiger partial charge >= 0.3 is 0 Å². The Morgan fingerprint density at radius 3 is 2.55 bits per heavy atom. The molecule has 1 aliphatic carbocycles. The first-order valence-electron chi connectivity index (χ1n) is 8.17. The van der Waals surface area contributed by atoms with Gasteiger partial charge in [0.25, 0.3) is 0 Å². The van der Waals surface area contributed by atoms with Crippen molar-refractivity contribution in [3.8, 4) is 6.07 Å². The number of primary amides is 1. The number of carbonyl (C=O) groups is 1. The zero-order valence-corrected chi connectivity index (χ0v) is 13.8. The van der Waals surface area contributed by atoms with Crippen molar-refractivity contribution in [3.05, 3.63) is 35.4 Å². The van der Waals surface area contributed by atoms with E-state index in [1.807, 2.05) is 12.1 Å². The highest BCUT2D eigenvalue weighted by molar-refractivity contribution is 5.82. The Kier molecular flexibility index (Phi) is 4.90. The maximum absolute atomic E-state index is 12.4. The standard InChI is InChI=1S/C19H26N2O/c1-13(2)19(18(21)22)10-8-14(3)12-17(19)16-6-4-15(5-7-16)9-11-20/h4-7,13-14,17H,8-10,12H2,1-3H3,(H2,21,22). The van der Waals surface area contributed by atoms with Gasteiger partial charge in [0.15, 0.2) is 0 Å². The van der Waals surface area contributed by atoms with Gasteiger partial charge in [0, 0.05) is 0 Å². The van der Waals surface area contributed by atoms with Gasteiger partial charge in [-0.15, -0.1) is 0 Å². The summed E-state index contributed by atoms with van der Waals surface area (Å²) in [6.45, 7) is 6.47. The molecular weight excluding hydrogens is 272 g/mol. The van der Waals surface area contributed by atoms with E-state index in [2.05, 4.69) is 39.0 Å². The molecule has 2 rings (SSSR count). The predicted octanol–water partition coefficient (Wildman–Crippen LogP) is 3.78. The monoisotopic (exact) mass is 298 g/mol. The van der Waals surface area contributed by atoms with Gasteiger partial charge in [0.05, 0.1) is 17.9 Å². The number of hydrogen-bond acceptors (Lipinski definition) is 2. The molecule has 3 unspecified atom stereocenters. The Balaban J connectivity index is 2.42. The number of hydrogen-bond donors (Lipinski definition) is 1. The highest BCUT2D eigenvalue weighted by Crippen LogP contribution is 2.53. The summed E-state index contributed by atoms with van der Waals surface area (Å²) in [5, 5.41) is 8.79. The Morgan fingerprint density at radius 1 is 1.41 bits per heavy atom. The summed E-state index contributed by atoms with van der Waals surface area (Å²) >= 11 is 0. The highest BCUT2D eigenvalue weighted by atomic mass is 16.1. The van der Waals surface area contributed by atoms with E-state index in [4.69, 9.17) is 11.0 Å². The van der Waals surface area contributed by atoms with Gasteiger partial charge in [-0.05, 0) is 48.1 Å². The van der Waals surface area contributed by atoms with Crippen LogP contribution in [0.25, 0.3) is 0 Å². The summed E-state index contributed by atoms with van der Waals surface area (Å²) in [5.41, 5.74) is 7.62. The van der Waals surface area contributed by atoms with Gasteiger partial charge < -0.3 is 5.73 Å².